The molecule has 0 fully saturated rings. The van der Waals surface area contributed by atoms with Gasteiger partial charge in [-0.15, -0.1) is 0 Å². The van der Waals surface area contributed by atoms with Crippen molar-refractivity contribution in [3.63, 3.8) is 0 Å². The topological polar surface area (TPSA) is 0 Å². The van der Waals surface area contributed by atoms with E-state index in [9.17, 15) is 0 Å². The first-order chi connectivity index (χ1) is 6.68. The number of rotatable bonds is 9. The second kappa shape index (κ2) is 9.65. The summed E-state index contributed by atoms with van der Waals surface area (Å²) in [6, 6.07) is 0. The van der Waals surface area contributed by atoms with Crippen LogP contribution in [0.1, 0.15) is 59.3 Å². The fourth-order valence-corrected chi connectivity index (χ4v) is 12.4. The fraction of sp³-hybridized carbons (Fsp3) is 1.00. The van der Waals surface area contributed by atoms with Gasteiger partial charge < -0.3 is 0 Å². The minimum absolute atomic E-state index is 1.36. The summed E-state index contributed by atoms with van der Waals surface area (Å²) in [6.45, 7) is 7.00. The Kier molecular flexibility index (Phi) is 10.7. The summed E-state index contributed by atoms with van der Waals surface area (Å²) in [5.41, 5.74) is 0. The van der Waals surface area contributed by atoms with Gasteiger partial charge in [-0.3, -0.25) is 0 Å². The van der Waals surface area contributed by atoms with Crippen LogP contribution in [0.5, 0.6) is 0 Å². The molecule has 0 unspecified atom stereocenters. The van der Waals surface area contributed by atoms with Gasteiger partial charge in [0.1, 0.15) is 0 Å². The molecule has 2 heteroatoms. The SMILES string of the molecule is CCC[CH2][Ti]([I])([CH2]CCC)[CH2]CCC. The Morgan fingerprint density at radius 2 is 1.00 bits per heavy atom. The Hall–Kier alpha value is 1.44. The molecule has 0 aromatic carbocycles. The first-order valence-electron chi connectivity index (χ1n) is 6.37. The third-order valence-electron chi connectivity index (χ3n) is 2.94. The third-order valence-corrected chi connectivity index (χ3v) is 15.5. The van der Waals surface area contributed by atoms with E-state index in [4.69, 9.17) is 0 Å². The first kappa shape index (κ1) is 15.4. The predicted molar refractivity (Wildman–Crippen MR) is 73.2 cm³/mol. The third kappa shape index (κ3) is 7.70. The van der Waals surface area contributed by atoms with Gasteiger partial charge in [0, 0.05) is 0 Å². The summed E-state index contributed by atoms with van der Waals surface area (Å²) in [7, 11) is 0. The maximum atomic E-state index is 2.93. The van der Waals surface area contributed by atoms with Crippen LogP contribution in [0, 0.1) is 0 Å². The molecule has 0 bridgehead atoms. The van der Waals surface area contributed by atoms with Gasteiger partial charge in [-0.1, -0.05) is 0 Å². The van der Waals surface area contributed by atoms with Crippen molar-refractivity contribution in [1.29, 1.82) is 0 Å². The van der Waals surface area contributed by atoms with Crippen molar-refractivity contribution in [2.24, 2.45) is 0 Å². The molecule has 0 saturated carbocycles. The van der Waals surface area contributed by atoms with Gasteiger partial charge >= 0.3 is 106 Å². The van der Waals surface area contributed by atoms with E-state index >= 15 is 0 Å². The molecule has 0 saturated heterocycles. The van der Waals surface area contributed by atoms with Gasteiger partial charge in [0.2, 0.25) is 0 Å². The zero-order valence-corrected chi connectivity index (χ0v) is 14.0. The van der Waals surface area contributed by atoms with Gasteiger partial charge in [0.25, 0.3) is 0 Å². The van der Waals surface area contributed by atoms with Gasteiger partial charge in [-0.05, 0) is 0 Å². The Morgan fingerprint density at radius 3 is 1.21 bits per heavy atom. The molecule has 14 heavy (non-hydrogen) atoms. The van der Waals surface area contributed by atoms with Crippen LogP contribution in [0.2, 0.25) is 14.2 Å². The molecule has 0 nitrogen and oxygen atoms in total. The molecule has 0 aliphatic carbocycles. The summed E-state index contributed by atoms with van der Waals surface area (Å²) >= 11 is 1.58. The molecule has 0 aromatic heterocycles. The molecule has 0 aliphatic heterocycles. The van der Waals surface area contributed by atoms with E-state index in [0.717, 1.165) is 0 Å². The van der Waals surface area contributed by atoms with E-state index in [2.05, 4.69) is 40.0 Å². The van der Waals surface area contributed by atoms with Crippen LogP contribution >= 0.6 is 19.2 Å². The molecule has 0 amide bonds. The standard InChI is InChI=1S/3C4H9.HI.Ti/c3*1-3-4-2;;/h3*1,3-4H2,2H3;1H;/q;;;;+1/p-1. The van der Waals surface area contributed by atoms with E-state index in [1.54, 1.807) is 14.2 Å². The van der Waals surface area contributed by atoms with E-state index in [1.807, 2.05) is 0 Å². The molecule has 0 heterocycles. The van der Waals surface area contributed by atoms with Crippen molar-refractivity contribution in [2.75, 3.05) is 0 Å². The predicted octanol–water partition coefficient (Wildman–Crippen LogP) is 6.15. The van der Waals surface area contributed by atoms with Crippen molar-refractivity contribution in [3.8, 4) is 0 Å². The number of halogens is 1. The van der Waals surface area contributed by atoms with Crippen molar-refractivity contribution in [1.82, 2.24) is 0 Å². The van der Waals surface area contributed by atoms with E-state index in [-0.39, 0.29) is 0 Å². The van der Waals surface area contributed by atoms with E-state index < -0.39 is 12.8 Å². The molecule has 0 N–H and O–H groups in total. The van der Waals surface area contributed by atoms with Crippen LogP contribution in [-0.2, 0) is 12.8 Å². The van der Waals surface area contributed by atoms with E-state index in [0.29, 0.717) is 0 Å². The van der Waals surface area contributed by atoms with Gasteiger partial charge in [0.15, 0.2) is 0 Å². The molecule has 0 aliphatic rings. The van der Waals surface area contributed by atoms with Gasteiger partial charge in [0.05, 0.1) is 0 Å². The zero-order valence-electron chi connectivity index (χ0n) is 10.2. The van der Waals surface area contributed by atoms with Crippen LogP contribution in [0.4, 0.5) is 0 Å². The first-order valence-corrected chi connectivity index (χ1v) is 14.7. The fourth-order valence-electron chi connectivity index (χ4n) is 1.86. The van der Waals surface area contributed by atoms with Crippen molar-refractivity contribution in [2.45, 2.75) is 73.5 Å². The molecule has 0 rings (SSSR count). The monoisotopic (exact) mass is 346 g/mol. The summed E-state index contributed by atoms with van der Waals surface area (Å²) in [5.74, 6) is 0. The van der Waals surface area contributed by atoms with Gasteiger partial charge in [-0.2, -0.15) is 0 Å². The van der Waals surface area contributed by atoms with Crippen LogP contribution in [0.3, 0.4) is 0 Å². The quantitative estimate of drug-likeness (QED) is 0.347. The second-order valence-corrected chi connectivity index (χ2v) is 19.8. The average molecular weight is 346 g/mol. The molecule has 0 aromatic rings. The summed E-state index contributed by atoms with van der Waals surface area (Å²) in [5, 5.41) is 0. The van der Waals surface area contributed by atoms with Crippen molar-refractivity contribution >= 4 is 19.2 Å². The molecule has 0 radical (unpaired) electrons. The molecule has 0 spiro atoms. The Balaban J connectivity index is 3.89. The molecular weight excluding hydrogens is 319 g/mol. The van der Waals surface area contributed by atoms with Crippen LogP contribution in [0.15, 0.2) is 0 Å². The number of hydrogen-bond acceptors (Lipinski definition) is 0. The number of unbranched alkanes of at least 4 members (excludes halogenated alkanes) is 3. The average Bonchev–Trinajstić information content (AvgIpc) is 2.21. The number of hydrogen-bond donors (Lipinski definition) is 0. The zero-order chi connectivity index (χ0) is 10.9. The molecule has 86 valence electrons. The summed E-state index contributed by atoms with van der Waals surface area (Å²) in [4.78, 5) is 0. The molecule has 0 atom stereocenters. The van der Waals surface area contributed by atoms with Gasteiger partial charge in [-0.25, -0.2) is 0 Å². The second-order valence-electron chi connectivity index (χ2n) is 4.46. The Labute approximate surface area is 105 Å². The van der Waals surface area contributed by atoms with Crippen molar-refractivity contribution < 1.29 is 12.8 Å². The summed E-state index contributed by atoms with van der Waals surface area (Å²) in [6.07, 6.45) is 8.68. The Morgan fingerprint density at radius 1 is 0.714 bits per heavy atom. The van der Waals surface area contributed by atoms with Crippen LogP contribution in [0.25, 0.3) is 0 Å². The van der Waals surface area contributed by atoms with E-state index in [1.165, 1.54) is 38.5 Å². The van der Waals surface area contributed by atoms with Crippen LogP contribution < -0.4 is 0 Å². The van der Waals surface area contributed by atoms with Crippen molar-refractivity contribution in [3.05, 3.63) is 0 Å². The van der Waals surface area contributed by atoms with Crippen LogP contribution in [-0.4, -0.2) is 0 Å². The molecular formula is C12H27ITi. The normalized spacial score (nSPS) is 12.0. The summed E-state index contributed by atoms with van der Waals surface area (Å²) < 4.78 is 4.87. The minimum atomic E-state index is -1.36. The Bertz CT molecular complexity index is 104. The maximum absolute atomic E-state index is 2.93.